The summed E-state index contributed by atoms with van der Waals surface area (Å²) in [4.78, 5) is 24.4. The highest BCUT2D eigenvalue weighted by Gasteiger charge is 2.31. The van der Waals surface area contributed by atoms with Crippen LogP contribution in [0.25, 0.3) is 0 Å². The Kier molecular flexibility index (Phi) is 6.38. The number of amides is 1. The third kappa shape index (κ3) is 5.61. The van der Waals surface area contributed by atoms with Crippen molar-refractivity contribution in [3.8, 4) is 0 Å². The zero-order valence-corrected chi connectivity index (χ0v) is 14.0. The van der Waals surface area contributed by atoms with E-state index in [0.29, 0.717) is 11.1 Å². The molecule has 1 N–H and O–H groups in total. The quantitative estimate of drug-likeness (QED) is 0.798. The van der Waals surface area contributed by atoms with Crippen molar-refractivity contribution in [3.05, 3.63) is 71.8 Å². The molecule has 0 spiro atoms. The molecule has 0 radical (unpaired) electrons. The van der Waals surface area contributed by atoms with Crippen LogP contribution in [0.15, 0.2) is 60.7 Å². The van der Waals surface area contributed by atoms with Crippen LogP contribution in [0.1, 0.15) is 24.0 Å². The molecule has 2 aromatic rings. The summed E-state index contributed by atoms with van der Waals surface area (Å²) in [5, 5.41) is 1.71. The SMILES string of the molecule is C[C@H](OC(=O)C(c1ccccc1)c1ccccc1)C(=O)NCC(F)(F)F. The van der Waals surface area contributed by atoms with E-state index in [1.165, 1.54) is 6.92 Å². The first kappa shape index (κ1) is 19.5. The Balaban J connectivity index is 2.13. The lowest BCUT2D eigenvalue weighted by molar-refractivity contribution is -0.158. The number of benzene rings is 2. The van der Waals surface area contributed by atoms with E-state index < -0.39 is 36.6 Å². The highest BCUT2D eigenvalue weighted by atomic mass is 19.4. The van der Waals surface area contributed by atoms with Gasteiger partial charge in [0.2, 0.25) is 0 Å². The number of carbonyl (C=O) groups is 2. The van der Waals surface area contributed by atoms with Crippen LogP contribution in [0.3, 0.4) is 0 Å². The molecule has 0 bridgehead atoms. The smallest absolute Gasteiger partial charge is 0.405 e. The fourth-order valence-electron chi connectivity index (χ4n) is 2.38. The first-order valence-electron chi connectivity index (χ1n) is 7.93. The summed E-state index contributed by atoms with van der Waals surface area (Å²) in [6, 6.07) is 17.6. The van der Waals surface area contributed by atoms with Crippen molar-refractivity contribution in [2.45, 2.75) is 25.1 Å². The third-order valence-electron chi connectivity index (χ3n) is 3.63. The Morgan fingerprint density at radius 2 is 1.42 bits per heavy atom. The molecule has 0 unspecified atom stereocenters. The number of ether oxygens (including phenoxy) is 1. The Morgan fingerprint density at radius 1 is 0.962 bits per heavy atom. The van der Waals surface area contributed by atoms with E-state index in [2.05, 4.69) is 0 Å². The second kappa shape index (κ2) is 8.51. The van der Waals surface area contributed by atoms with Crippen LogP contribution < -0.4 is 5.32 Å². The fourth-order valence-corrected chi connectivity index (χ4v) is 2.38. The molecular formula is C19H18F3NO3. The van der Waals surface area contributed by atoms with Crippen LogP contribution >= 0.6 is 0 Å². The van der Waals surface area contributed by atoms with Gasteiger partial charge in [-0.25, -0.2) is 0 Å². The van der Waals surface area contributed by atoms with Gasteiger partial charge in [0, 0.05) is 0 Å². The topological polar surface area (TPSA) is 55.4 Å². The fraction of sp³-hybridized carbons (Fsp3) is 0.263. The van der Waals surface area contributed by atoms with E-state index in [1.54, 1.807) is 66.0 Å². The summed E-state index contributed by atoms with van der Waals surface area (Å²) in [6.07, 6.45) is -5.88. The van der Waals surface area contributed by atoms with Crippen LogP contribution in [0.2, 0.25) is 0 Å². The van der Waals surface area contributed by atoms with Crippen molar-refractivity contribution in [1.29, 1.82) is 0 Å². The van der Waals surface area contributed by atoms with Gasteiger partial charge in [-0.2, -0.15) is 13.2 Å². The zero-order chi connectivity index (χ0) is 19.2. The minimum atomic E-state index is -4.53. The molecule has 138 valence electrons. The van der Waals surface area contributed by atoms with Crippen molar-refractivity contribution in [2.24, 2.45) is 0 Å². The molecule has 0 fully saturated rings. The number of rotatable bonds is 6. The summed E-state index contributed by atoms with van der Waals surface area (Å²) >= 11 is 0. The van der Waals surface area contributed by atoms with E-state index in [-0.39, 0.29) is 0 Å². The van der Waals surface area contributed by atoms with Gasteiger partial charge in [0.1, 0.15) is 12.5 Å². The molecule has 1 amide bonds. The van der Waals surface area contributed by atoms with Gasteiger partial charge < -0.3 is 10.1 Å². The van der Waals surface area contributed by atoms with Crippen LogP contribution in [-0.4, -0.2) is 30.7 Å². The van der Waals surface area contributed by atoms with Crippen molar-refractivity contribution in [3.63, 3.8) is 0 Å². The minimum Gasteiger partial charge on any atom is -0.452 e. The minimum absolute atomic E-state index is 0.659. The maximum Gasteiger partial charge on any atom is 0.405 e. The molecule has 0 saturated carbocycles. The second-order valence-electron chi connectivity index (χ2n) is 5.67. The standard InChI is InChI=1S/C19H18F3NO3/c1-13(17(24)23-12-19(20,21)22)26-18(25)16(14-8-4-2-5-9-14)15-10-6-3-7-11-15/h2-11,13,16H,12H2,1H3,(H,23,24)/t13-/m0/s1. The lowest BCUT2D eigenvalue weighted by atomic mass is 9.91. The van der Waals surface area contributed by atoms with E-state index in [0.717, 1.165) is 0 Å². The van der Waals surface area contributed by atoms with Crippen molar-refractivity contribution in [2.75, 3.05) is 6.54 Å². The predicted molar refractivity (Wildman–Crippen MR) is 89.3 cm³/mol. The molecule has 1 atom stereocenters. The third-order valence-corrected chi connectivity index (χ3v) is 3.63. The maximum atomic E-state index is 12.6. The molecule has 0 aliphatic carbocycles. The Labute approximate surface area is 149 Å². The molecule has 4 nitrogen and oxygen atoms in total. The Morgan fingerprint density at radius 3 is 1.85 bits per heavy atom. The number of hydrogen-bond acceptors (Lipinski definition) is 3. The average molecular weight is 365 g/mol. The molecule has 0 saturated heterocycles. The van der Waals surface area contributed by atoms with Crippen molar-refractivity contribution in [1.82, 2.24) is 5.32 Å². The van der Waals surface area contributed by atoms with Crippen LogP contribution in [0.5, 0.6) is 0 Å². The lowest BCUT2D eigenvalue weighted by Gasteiger charge is -2.20. The van der Waals surface area contributed by atoms with Gasteiger partial charge in [0.05, 0.1) is 0 Å². The number of hydrogen-bond donors (Lipinski definition) is 1. The molecule has 0 aliphatic rings. The molecule has 7 heteroatoms. The molecule has 26 heavy (non-hydrogen) atoms. The van der Waals surface area contributed by atoms with Gasteiger partial charge >= 0.3 is 12.1 Å². The van der Waals surface area contributed by atoms with E-state index in [9.17, 15) is 22.8 Å². The molecule has 0 heterocycles. The van der Waals surface area contributed by atoms with Crippen LogP contribution in [-0.2, 0) is 14.3 Å². The molecule has 0 aliphatic heterocycles. The molecule has 2 rings (SSSR count). The molecule has 0 aromatic heterocycles. The van der Waals surface area contributed by atoms with Crippen LogP contribution in [0, 0.1) is 0 Å². The van der Waals surface area contributed by atoms with Gasteiger partial charge in [-0.15, -0.1) is 0 Å². The highest BCUT2D eigenvalue weighted by molar-refractivity contribution is 5.87. The predicted octanol–water partition coefficient (Wildman–Crippen LogP) is 3.43. The first-order valence-corrected chi connectivity index (χ1v) is 7.93. The molecule has 2 aromatic carbocycles. The average Bonchev–Trinajstić information content (AvgIpc) is 2.61. The zero-order valence-electron chi connectivity index (χ0n) is 14.0. The lowest BCUT2D eigenvalue weighted by Crippen LogP contribution is -2.41. The second-order valence-corrected chi connectivity index (χ2v) is 5.67. The van der Waals surface area contributed by atoms with Crippen molar-refractivity contribution >= 4 is 11.9 Å². The number of carbonyl (C=O) groups excluding carboxylic acids is 2. The summed E-state index contributed by atoms with van der Waals surface area (Å²) in [7, 11) is 0. The summed E-state index contributed by atoms with van der Waals surface area (Å²) in [5.74, 6) is -2.50. The Bertz CT molecular complexity index is 693. The normalized spacial score (nSPS) is 12.5. The number of nitrogens with one attached hydrogen (secondary N) is 1. The summed E-state index contributed by atoms with van der Waals surface area (Å²) < 4.78 is 41.7. The molecular weight excluding hydrogens is 347 g/mol. The largest absolute Gasteiger partial charge is 0.452 e. The number of halogens is 3. The monoisotopic (exact) mass is 365 g/mol. The van der Waals surface area contributed by atoms with E-state index >= 15 is 0 Å². The van der Waals surface area contributed by atoms with Crippen molar-refractivity contribution < 1.29 is 27.5 Å². The first-order chi connectivity index (χ1) is 12.3. The maximum absolute atomic E-state index is 12.6. The van der Waals surface area contributed by atoms with E-state index in [4.69, 9.17) is 4.74 Å². The van der Waals surface area contributed by atoms with Gasteiger partial charge in [0.15, 0.2) is 6.10 Å². The van der Waals surface area contributed by atoms with Gasteiger partial charge in [0.25, 0.3) is 5.91 Å². The van der Waals surface area contributed by atoms with Gasteiger partial charge in [-0.3, -0.25) is 9.59 Å². The summed E-state index contributed by atoms with van der Waals surface area (Å²) in [6.45, 7) is -0.245. The number of esters is 1. The summed E-state index contributed by atoms with van der Waals surface area (Å²) in [5.41, 5.74) is 1.32. The Hall–Kier alpha value is -2.83. The van der Waals surface area contributed by atoms with E-state index in [1.807, 2.05) is 0 Å². The van der Waals surface area contributed by atoms with Crippen LogP contribution in [0.4, 0.5) is 13.2 Å². The van der Waals surface area contributed by atoms with Gasteiger partial charge in [-0.1, -0.05) is 60.7 Å². The number of alkyl halides is 3. The highest BCUT2D eigenvalue weighted by Crippen LogP contribution is 2.26. The van der Waals surface area contributed by atoms with Gasteiger partial charge in [-0.05, 0) is 18.1 Å².